The van der Waals surface area contributed by atoms with E-state index in [-0.39, 0.29) is 11.5 Å². The number of benzene rings is 2. The number of phenolic OH excluding ortho intramolecular Hbond substituents is 2. The summed E-state index contributed by atoms with van der Waals surface area (Å²) >= 11 is 0. The van der Waals surface area contributed by atoms with Crippen LogP contribution in [0.3, 0.4) is 0 Å². The Morgan fingerprint density at radius 1 is 1.16 bits per heavy atom. The maximum Gasteiger partial charge on any atom is 0.330 e. The number of hydrogen-bond donors (Lipinski definition) is 2. The number of carbonyl (C=O) groups is 1. The fourth-order valence-corrected chi connectivity index (χ4v) is 1.97. The monoisotopic (exact) mass is 258 g/mol. The van der Waals surface area contributed by atoms with Crippen LogP contribution in [0, 0.1) is 6.92 Å². The Morgan fingerprint density at radius 2 is 1.74 bits per heavy atom. The van der Waals surface area contributed by atoms with Crippen LogP contribution in [0.2, 0.25) is 0 Å². The van der Waals surface area contributed by atoms with Crippen LogP contribution >= 0.6 is 0 Å². The molecule has 0 aliphatic rings. The van der Waals surface area contributed by atoms with E-state index in [0.29, 0.717) is 21.9 Å². The Labute approximate surface area is 110 Å². The van der Waals surface area contributed by atoms with Crippen LogP contribution < -0.4 is 0 Å². The van der Waals surface area contributed by atoms with Crippen molar-refractivity contribution in [3.05, 3.63) is 41.5 Å². The molecule has 0 aliphatic carbocycles. The SMILES string of the molecule is COC(=O)C=Cc1c(C)c(O)c2ccccc2c1O. The molecule has 0 saturated heterocycles. The fourth-order valence-electron chi connectivity index (χ4n) is 1.97. The first-order valence-electron chi connectivity index (χ1n) is 5.75. The lowest BCUT2D eigenvalue weighted by Crippen LogP contribution is -1.94. The summed E-state index contributed by atoms with van der Waals surface area (Å²) in [5.74, 6) is -0.393. The summed E-state index contributed by atoms with van der Waals surface area (Å²) in [6.07, 6.45) is 2.64. The standard InChI is InChI=1S/C15H14O4/c1-9-10(7-8-13(16)19-2)15(18)12-6-4-3-5-11(12)14(9)17/h3-8,17-18H,1-2H3. The van der Waals surface area contributed by atoms with E-state index < -0.39 is 5.97 Å². The van der Waals surface area contributed by atoms with Gasteiger partial charge in [0.1, 0.15) is 11.5 Å². The van der Waals surface area contributed by atoms with E-state index >= 15 is 0 Å². The van der Waals surface area contributed by atoms with Crippen molar-refractivity contribution in [2.45, 2.75) is 6.92 Å². The molecular weight excluding hydrogens is 244 g/mol. The van der Waals surface area contributed by atoms with Crippen LogP contribution in [0.1, 0.15) is 11.1 Å². The molecule has 0 atom stereocenters. The molecule has 0 amide bonds. The van der Waals surface area contributed by atoms with Crippen LogP contribution in [0.4, 0.5) is 0 Å². The summed E-state index contributed by atoms with van der Waals surface area (Å²) in [5, 5.41) is 21.5. The highest BCUT2D eigenvalue weighted by atomic mass is 16.5. The number of ether oxygens (including phenoxy) is 1. The number of esters is 1. The molecule has 0 unspecified atom stereocenters. The van der Waals surface area contributed by atoms with E-state index in [1.54, 1.807) is 31.2 Å². The predicted molar refractivity (Wildman–Crippen MR) is 73.1 cm³/mol. The van der Waals surface area contributed by atoms with Crippen LogP contribution in [0.5, 0.6) is 11.5 Å². The van der Waals surface area contributed by atoms with Crippen molar-refractivity contribution in [3.63, 3.8) is 0 Å². The third kappa shape index (κ3) is 2.25. The van der Waals surface area contributed by atoms with Crippen LogP contribution in [-0.4, -0.2) is 23.3 Å². The van der Waals surface area contributed by atoms with E-state index in [4.69, 9.17) is 0 Å². The van der Waals surface area contributed by atoms with Gasteiger partial charge in [-0.05, 0) is 13.0 Å². The lowest BCUT2D eigenvalue weighted by Gasteiger charge is -2.11. The van der Waals surface area contributed by atoms with Gasteiger partial charge in [-0.25, -0.2) is 4.79 Å². The summed E-state index contributed by atoms with van der Waals surface area (Å²) in [6.45, 7) is 1.68. The van der Waals surface area contributed by atoms with Gasteiger partial charge in [-0.15, -0.1) is 0 Å². The van der Waals surface area contributed by atoms with Crippen molar-refractivity contribution in [2.75, 3.05) is 7.11 Å². The molecule has 98 valence electrons. The number of aromatic hydroxyl groups is 2. The van der Waals surface area contributed by atoms with Crippen molar-refractivity contribution in [1.82, 2.24) is 0 Å². The number of methoxy groups -OCH3 is 1. The highest BCUT2D eigenvalue weighted by Gasteiger charge is 2.13. The summed E-state index contributed by atoms with van der Waals surface area (Å²) in [4.78, 5) is 11.1. The molecule has 4 nitrogen and oxygen atoms in total. The molecule has 0 fully saturated rings. The molecular formula is C15H14O4. The molecule has 2 aromatic carbocycles. The second-order valence-corrected chi connectivity index (χ2v) is 4.14. The summed E-state index contributed by atoms with van der Waals surface area (Å²) in [5.41, 5.74) is 0.915. The minimum Gasteiger partial charge on any atom is -0.507 e. The highest BCUT2D eigenvalue weighted by Crippen LogP contribution is 2.39. The first-order valence-corrected chi connectivity index (χ1v) is 5.75. The van der Waals surface area contributed by atoms with Crippen molar-refractivity contribution in [1.29, 1.82) is 0 Å². The molecule has 0 bridgehead atoms. The summed E-state index contributed by atoms with van der Waals surface area (Å²) < 4.78 is 4.50. The molecule has 2 aromatic rings. The molecule has 0 aromatic heterocycles. The summed E-state index contributed by atoms with van der Waals surface area (Å²) in [6, 6.07) is 6.99. The van der Waals surface area contributed by atoms with Gasteiger partial charge in [0.25, 0.3) is 0 Å². The highest BCUT2D eigenvalue weighted by molar-refractivity contribution is 5.99. The molecule has 0 radical (unpaired) electrons. The molecule has 0 aliphatic heterocycles. The molecule has 0 saturated carbocycles. The first kappa shape index (κ1) is 13.0. The molecule has 4 heteroatoms. The third-order valence-electron chi connectivity index (χ3n) is 3.04. The first-order chi connectivity index (χ1) is 9.06. The van der Waals surface area contributed by atoms with Crippen molar-refractivity contribution >= 4 is 22.8 Å². The largest absolute Gasteiger partial charge is 0.507 e. The van der Waals surface area contributed by atoms with E-state index in [1.807, 2.05) is 0 Å². The minimum atomic E-state index is -0.522. The average molecular weight is 258 g/mol. The number of fused-ring (bicyclic) bond motifs is 1. The van der Waals surface area contributed by atoms with Gasteiger partial charge in [0.2, 0.25) is 0 Å². The van der Waals surface area contributed by atoms with Gasteiger partial charge in [0, 0.05) is 28.0 Å². The molecule has 2 N–H and O–H groups in total. The Balaban J connectivity index is 2.68. The van der Waals surface area contributed by atoms with Crippen molar-refractivity contribution in [3.8, 4) is 11.5 Å². The lowest BCUT2D eigenvalue weighted by atomic mass is 9.98. The Hall–Kier alpha value is -2.49. The van der Waals surface area contributed by atoms with E-state index in [2.05, 4.69) is 4.74 Å². The Morgan fingerprint density at radius 3 is 2.32 bits per heavy atom. The maximum atomic E-state index is 11.1. The van der Waals surface area contributed by atoms with Crippen molar-refractivity contribution in [2.24, 2.45) is 0 Å². The normalized spacial score (nSPS) is 11.1. The van der Waals surface area contributed by atoms with Gasteiger partial charge in [-0.2, -0.15) is 0 Å². The Bertz CT molecular complexity index is 671. The maximum absolute atomic E-state index is 11.1. The topological polar surface area (TPSA) is 66.8 Å². The number of carbonyl (C=O) groups excluding carboxylic acids is 1. The smallest absolute Gasteiger partial charge is 0.330 e. The number of phenols is 2. The van der Waals surface area contributed by atoms with Gasteiger partial charge < -0.3 is 14.9 Å². The molecule has 2 rings (SSSR count). The zero-order valence-electron chi connectivity index (χ0n) is 10.7. The van der Waals surface area contributed by atoms with Gasteiger partial charge in [0.15, 0.2) is 0 Å². The minimum absolute atomic E-state index is 0.0334. The van der Waals surface area contributed by atoms with E-state index in [9.17, 15) is 15.0 Å². The molecule has 0 heterocycles. The van der Waals surface area contributed by atoms with Gasteiger partial charge in [-0.3, -0.25) is 0 Å². The van der Waals surface area contributed by atoms with E-state index in [1.165, 1.54) is 19.3 Å². The summed E-state index contributed by atoms with van der Waals surface area (Å²) in [7, 11) is 1.28. The van der Waals surface area contributed by atoms with Gasteiger partial charge in [0.05, 0.1) is 7.11 Å². The van der Waals surface area contributed by atoms with Crippen LogP contribution in [0.15, 0.2) is 30.3 Å². The zero-order chi connectivity index (χ0) is 14.0. The zero-order valence-corrected chi connectivity index (χ0v) is 10.7. The molecule has 19 heavy (non-hydrogen) atoms. The second-order valence-electron chi connectivity index (χ2n) is 4.14. The van der Waals surface area contributed by atoms with Crippen LogP contribution in [0.25, 0.3) is 16.8 Å². The number of rotatable bonds is 2. The lowest BCUT2D eigenvalue weighted by molar-refractivity contribution is -0.134. The van der Waals surface area contributed by atoms with Gasteiger partial charge >= 0.3 is 5.97 Å². The second kappa shape index (κ2) is 5.02. The number of hydrogen-bond acceptors (Lipinski definition) is 4. The van der Waals surface area contributed by atoms with E-state index in [0.717, 1.165) is 0 Å². The quantitative estimate of drug-likeness (QED) is 0.494. The van der Waals surface area contributed by atoms with Gasteiger partial charge in [-0.1, -0.05) is 24.3 Å². The fraction of sp³-hybridized carbons (Fsp3) is 0.133. The van der Waals surface area contributed by atoms with Crippen LogP contribution in [-0.2, 0) is 9.53 Å². The predicted octanol–water partition coefficient (Wildman–Crippen LogP) is 2.75. The Kier molecular flexibility index (Phi) is 3.42. The average Bonchev–Trinajstić information content (AvgIpc) is 2.44. The third-order valence-corrected chi connectivity index (χ3v) is 3.04. The van der Waals surface area contributed by atoms with Crippen molar-refractivity contribution < 1.29 is 19.7 Å². The molecule has 0 spiro atoms.